The summed E-state index contributed by atoms with van der Waals surface area (Å²) in [7, 11) is 1.47. The fraction of sp³-hybridized carbons (Fsp3) is 0.759. The van der Waals surface area contributed by atoms with Gasteiger partial charge in [-0.05, 0) is 50.5 Å². The zero-order valence-electron chi connectivity index (χ0n) is 24.8. The molecule has 0 aliphatic carbocycles. The number of carbonyl (C=O) groups is 3. The van der Waals surface area contributed by atoms with Crippen LogP contribution >= 0.6 is 22.6 Å². The maximum Gasteiger partial charge on any atom is 0.330 e. The van der Waals surface area contributed by atoms with Gasteiger partial charge >= 0.3 is 17.9 Å². The molecule has 0 aromatic carbocycles. The molecule has 0 spiro atoms. The van der Waals surface area contributed by atoms with Gasteiger partial charge in [0.1, 0.15) is 11.7 Å². The summed E-state index contributed by atoms with van der Waals surface area (Å²) < 4.78 is 43.0. The first-order chi connectivity index (χ1) is 18.7. The van der Waals surface area contributed by atoms with Gasteiger partial charge in [-0.15, -0.1) is 0 Å². The third-order valence-corrected chi connectivity index (χ3v) is 6.88. The third kappa shape index (κ3) is 11.8. The lowest BCUT2D eigenvalue weighted by Crippen LogP contribution is -2.61. The van der Waals surface area contributed by atoms with E-state index in [9.17, 15) is 14.4 Å². The minimum Gasteiger partial charge on any atom is -0.457 e. The number of methoxy groups -OCH3 is 1. The topological polar surface area (TPSA) is 116 Å². The number of hydrogen-bond donors (Lipinski definition) is 0. The molecular formula is C29H45IO10. The van der Waals surface area contributed by atoms with E-state index < -0.39 is 54.2 Å². The molecule has 0 aromatic rings. The lowest BCUT2D eigenvalue weighted by Gasteiger charge is -2.45. The molecule has 9 atom stereocenters. The van der Waals surface area contributed by atoms with Crippen LogP contribution in [0.25, 0.3) is 0 Å². The first-order valence-electron chi connectivity index (χ1n) is 13.7. The van der Waals surface area contributed by atoms with Crippen LogP contribution in [0.4, 0.5) is 0 Å². The van der Waals surface area contributed by atoms with Crippen molar-refractivity contribution < 1.29 is 47.5 Å². The van der Waals surface area contributed by atoms with Gasteiger partial charge in [0.25, 0.3) is 0 Å². The lowest BCUT2D eigenvalue weighted by molar-refractivity contribution is -0.318. The maximum atomic E-state index is 12.1. The van der Waals surface area contributed by atoms with Crippen molar-refractivity contribution in [2.75, 3.05) is 7.11 Å². The number of allylic oxidation sites excluding steroid dienone is 1. The maximum absolute atomic E-state index is 12.1. The number of ether oxygens (including phenoxy) is 7. The predicted octanol–water partition coefficient (Wildman–Crippen LogP) is 4.81. The monoisotopic (exact) mass is 680 g/mol. The fourth-order valence-corrected chi connectivity index (χ4v) is 5.66. The zero-order valence-corrected chi connectivity index (χ0v) is 27.0. The van der Waals surface area contributed by atoms with Crippen LogP contribution in [0.2, 0.25) is 0 Å². The smallest absolute Gasteiger partial charge is 0.330 e. The van der Waals surface area contributed by atoms with Crippen molar-refractivity contribution in [2.24, 2.45) is 5.92 Å². The van der Waals surface area contributed by atoms with E-state index in [4.69, 9.17) is 33.2 Å². The molecule has 40 heavy (non-hydrogen) atoms. The predicted molar refractivity (Wildman–Crippen MR) is 156 cm³/mol. The second kappa shape index (κ2) is 16.2. The van der Waals surface area contributed by atoms with E-state index in [-0.39, 0.29) is 18.3 Å². The van der Waals surface area contributed by atoms with Gasteiger partial charge in [-0.2, -0.15) is 0 Å². The van der Waals surface area contributed by atoms with Crippen LogP contribution in [-0.4, -0.2) is 79.6 Å². The molecule has 2 heterocycles. The van der Waals surface area contributed by atoms with Crippen LogP contribution in [0.3, 0.4) is 0 Å². The highest BCUT2D eigenvalue weighted by atomic mass is 127. The van der Waals surface area contributed by atoms with E-state index in [0.29, 0.717) is 25.2 Å². The minimum atomic E-state index is -0.905. The summed E-state index contributed by atoms with van der Waals surface area (Å²) in [6.07, 6.45) is 3.22. The quantitative estimate of drug-likeness (QED) is 0.130. The average molecular weight is 681 g/mol. The number of halogens is 1. The number of rotatable bonds is 11. The second-order valence-electron chi connectivity index (χ2n) is 11.4. The molecule has 0 bridgehead atoms. The van der Waals surface area contributed by atoms with Gasteiger partial charge in [0.15, 0.2) is 18.5 Å². The fourth-order valence-electron chi connectivity index (χ4n) is 4.95. The average Bonchev–Trinajstić information content (AvgIpc) is 2.80. The number of hydrogen-bond acceptors (Lipinski definition) is 10. The first-order valence-corrected chi connectivity index (χ1v) is 15.0. The number of carbonyl (C=O) groups excluding carboxylic acids is 3. The second-order valence-corrected chi connectivity index (χ2v) is 12.1. The Kier molecular flexibility index (Phi) is 14.0. The Hall–Kier alpha value is -1.54. The Labute approximate surface area is 251 Å². The highest BCUT2D eigenvalue weighted by Gasteiger charge is 2.50. The van der Waals surface area contributed by atoms with Crippen molar-refractivity contribution in [3.05, 3.63) is 22.3 Å². The Morgan fingerprint density at radius 2 is 1.62 bits per heavy atom. The van der Waals surface area contributed by atoms with Gasteiger partial charge in [0.05, 0.1) is 24.4 Å². The highest BCUT2D eigenvalue weighted by molar-refractivity contribution is 14.1. The molecule has 228 valence electrons. The van der Waals surface area contributed by atoms with Crippen molar-refractivity contribution in [1.29, 1.82) is 0 Å². The van der Waals surface area contributed by atoms with E-state index in [1.54, 1.807) is 13.0 Å². The number of esters is 3. The van der Waals surface area contributed by atoms with E-state index in [0.717, 1.165) is 6.42 Å². The molecule has 2 aliphatic heterocycles. The van der Waals surface area contributed by atoms with Crippen LogP contribution in [0.1, 0.15) is 74.1 Å². The van der Waals surface area contributed by atoms with Gasteiger partial charge < -0.3 is 33.2 Å². The Balaban J connectivity index is 2.20. The third-order valence-electron chi connectivity index (χ3n) is 6.46. The Morgan fingerprint density at radius 3 is 2.20 bits per heavy atom. The molecule has 11 heteroatoms. The van der Waals surface area contributed by atoms with E-state index in [1.165, 1.54) is 27.0 Å². The molecule has 0 radical (unpaired) electrons. The van der Waals surface area contributed by atoms with Crippen molar-refractivity contribution >= 4 is 40.5 Å². The molecule has 0 saturated carbocycles. The molecule has 2 aliphatic rings. The molecule has 0 N–H and O–H groups in total. The summed E-state index contributed by atoms with van der Waals surface area (Å²) in [5, 5.41) is 0. The summed E-state index contributed by atoms with van der Waals surface area (Å²) in [5.74, 6) is -1.15. The van der Waals surface area contributed by atoms with E-state index in [1.807, 2.05) is 24.9 Å². The summed E-state index contributed by atoms with van der Waals surface area (Å²) in [6, 6.07) is 0. The molecular weight excluding hydrogens is 635 g/mol. The van der Waals surface area contributed by atoms with Gasteiger partial charge in [-0.25, -0.2) is 4.79 Å². The van der Waals surface area contributed by atoms with E-state index in [2.05, 4.69) is 35.6 Å². The van der Waals surface area contributed by atoms with Crippen molar-refractivity contribution in [1.82, 2.24) is 0 Å². The summed E-state index contributed by atoms with van der Waals surface area (Å²) in [5.41, 5.74) is -0.567. The lowest BCUT2D eigenvalue weighted by atomic mass is 9.92. The van der Waals surface area contributed by atoms with E-state index >= 15 is 0 Å². The zero-order chi connectivity index (χ0) is 30.0. The largest absolute Gasteiger partial charge is 0.457 e. The Morgan fingerprint density at radius 1 is 1.00 bits per heavy atom. The van der Waals surface area contributed by atoms with Crippen LogP contribution in [-0.2, 0) is 47.5 Å². The van der Waals surface area contributed by atoms with Crippen LogP contribution < -0.4 is 0 Å². The molecule has 0 unspecified atom stereocenters. The highest BCUT2D eigenvalue weighted by Crippen LogP contribution is 2.34. The summed E-state index contributed by atoms with van der Waals surface area (Å²) >= 11 is 2.21. The first kappa shape index (κ1) is 34.7. The normalized spacial score (nSPS) is 32.1. The molecule has 2 saturated heterocycles. The van der Waals surface area contributed by atoms with Gasteiger partial charge in [0.2, 0.25) is 0 Å². The van der Waals surface area contributed by atoms with Gasteiger partial charge in [-0.1, -0.05) is 41.7 Å². The van der Waals surface area contributed by atoms with Crippen LogP contribution in [0.15, 0.2) is 22.3 Å². The van der Waals surface area contributed by atoms with Gasteiger partial charge in [0, 0.05) is 39.9 Å². The van der Waals surface area contributed by atoms with Gasteiger partial charge in [-0.3, -0.25) is 9.59 Å². The standard InChI is InChI=1S/C29H45IO10/c1-17(12-13-30)14-22-16-23(15-21(38-22)10-9-11-24(33)40-29(5,6)7)39-28-27(34-8)26(37-20(4)32)25(18(2)35-28)36-19(3)31/h9,11-13,17-18,21-23,25-28H,10,14-16H2,1-8H3/b11-9+,13-12+/t17-,18-,21-,22+,23+,25-,26+,27+,28-/m0/s1. The van der Waals surface area contributed by atoms with Crippen molar-refractivity contribution in [3.8, 4) is 0 Å². The molecule has 0 aromatic heterocycles. The minimum absolute atomic E-state index is 0.0821. The van der Waals surface area contributed by atoms with Crippen molar-refractivity contribution in [3.63, 3.8) is 0 Å². The summed E-state index contributed by atoms with van der Waals surface area (Å²) in [6.45, 7) is 11.9. The molecule has 2 rings (SSSR count). The Bertz CT molecular complexity index is 898. The molecule has 0 amide bonds. The molecule has 2 fully saturated rings. The van der Waals surface area contributed by atoms with Crippen LogP contribution in [0, 0.1) is 5.92 Å². The van der Waals surface area contributed by atoms with Crippen LogP contribution in [0.5, 0.6) is 0 Å². The summed E-state index contributed by atoms with van der Waals surface area (Å²) in [4.78, 5) is 35.8. The van der Waals surface area contributed by atoms with Crippen molar-refractivity contribution in [2.45, 2.75) is 129 Å². The molecule has 10 nitrogen and oxygen atoms in total. The SMILES string of the molecule is CO[C@H]1[C@H](O[C@@H]2C[C@H](C/C=C/C(=O)OC(C)(C)C)O[C@H](C[C@@H](C)/C=C/I)C2)O[C@@H](C)[C@H](OC(C)=O)[C@H]1OC(C)=O.